The lowest BCUT2D eigenvalue weighted by molar-refractivity contribution is 0.0559. The first-order valence-corrected chi connectivity index (χ1v) is 9.51. The molecule has 0 spiro atoms. The fraction of sp³-hybridized carbons (Fsp3) is 0.286. The second-order valence-electron chi connectivity index (χ2n) is 7.24. The third kappa shape index (κ3) is 4.17. The monoisotopic (exact) mass is 382 g/mol. The Morgan fingerprint density at radius 1 is 1.11 bits per heavy atom. The van der Waals surface area contributed by atoms with E-state index >= 15 is 0 Å². The van der Waals surface area contributed by atoms with E-state index in [0.717, 1.165) is 10.8 Å². The zero-order chi connectivity index (χ0) is 19.6. The number of amides is 1. The highest BCUT2D eigenvalue weighted by molar-refractivity contribution is 7.09. The Labute approximate surface area is 162 Å². The van der Waals surface area contributed by atoms with Gasteiger partial charge in [0.1, 0.15) is 5.01 Å². The summed E-state index contributed by atoms with van der Waals surface area (Å²) in [6, 6.07) is 13.7. The predicted molar refractivity (Wildman–Crippen MR) is 107 cm³/mol. The van der Waals surface area contributed by atoms with Crippen molar-refractivity contribution in [3.8, 4) is 0 Å². The maximum absolute atomic E-state index is 13.2. The van der Waals surface area contributed by atoms with Gasteiger partial charge in [-0.15, -0.1) is 11.3 Å². The smallest absolute Gasteiger partial charge is 0.357 e. The van der Waals surface area contributed by atoms with Crippen molar-refractivity contribution in [1.82, 2.24) is 9.88 Å². The van der Waals surface area contributed by atoms with Gasteiger partial charge in [-0.2, -0.15) is 0 Å². The lowest BCUT2D eigenvalue weighted by Crippen LogP contribution is -2.45. The van der Waals surface area contributed by atoms with Crippen molar-refractivity contribution >= 4 is 34.0 Å². The fourth-order valence-corrected chi connectivity index (χ4v) is 3.56. The summed E-state index contributed by atoms with van der Waals surface area (Å²) in [6.07, 6.45) is 0. The van der Waals surface area contributed by atoms with Gasteiger partial charge in [-0.1, -0.05) is 30.3 Å². The van der Waals surface area contributed by atoms with Crippen LogP contribution >= 0.6 is 11.3 Å². The lowest BCUT2D eigenvalue weighted by atomic mass is 10.0. The molecule has 0 aliphatic rings. The third-order valence-electron chi connectivity index (χ3n) is 4.29. The number of carbonyl (C=O) groups is 2. The number of thiazole rings is 1. The minimum atomic E-state index is -0.472. The quantitative estimate of drug-likeness (QED) is 0.622. The molecule has 27 heavy (non-hydrogen) atoms. The molecule has 0 fully saturated rings. The first-order valence-electron chi connectivity index (χ1n) is 8.63. The average molecular weight is 382 g/mol. The van der Waals surface area contributed by atoms with Crippen molar-refractivity contribution in [2.24, 2.45) is 0 Å². The van der Waals surface area contributed by atoms with Gasteiger partial charge in [0.05, 0.1) is 13.7 Å². The Kier molecular flexibility index (Phi) is 5.28. The van der Waals surface area contributed by atoms with Gasteiger partial charge >= 0.3 is 5.97 Å². The largest absolute Gasteiger partial charge is 0.464 e. The van der Waals surface area contributed by atoms with Crippen molar-refractivity contribution in [3.05, 3.63) is 64.1 Å². The maximum Gasteiger partial charge on any atom is 0.357 e. The first-order chi connectivity index (χ1) is 12.8. The van der Waals surface area contributed by atoms with Crippen molar-refractivity contribution in [1.29, 1.82) is 0 Å². The molecule has 0 unspecified atom stereocenters. The van der Waals surface area contributed by atoms with Crippen molar-refractivity contribution < 1.29 is 14.3 Å². The molecular weight excluding hydrogens is 360 g/mol. The highest BCUT2D eigenvalue weighted by Crippen LogP contribution is 2.24. The number of benzene rings is 2. The molecule has 1 amide bonds. The van der Waals surface area contributed by atoms with Crippen molar-refractivity contribution in [3.63, 3.8) is 0 Å². The Balaban J connectivity index is 1.90. The molecule has 0 bridgehead atoms. The highest BCUT2D eigenvalue weighted by atomic mass is 32.1. The standard InChI is InChI=1S/C21H22N2O3S/c1-21(2,3)23(12-18-22-17(13-27-18)20(25)26-4)19(24)16-10-9-14-7-5-6-8-15(14)11-16/h5-11,13H,12H2,1-4H3. The molecule has 0 radical (unpaired) electrons. The Bertz CT molecular complexity index is 988. The first kappa shape index (κ1) is 19.0. The minimum Gasteiger partial charge on any atom is -0.464 e. The van der Waals surface area contributed by atoms with E-state index < -0.39 is 11.5 Å². The van der Waals surface area contributed by atoms with Gasteiger partial charge in [0.25, 0.3) is 5.91 Å². The molecule has 1 aromatic heterocycles. The molecule has 3 rings (SSSR count). The lowest BCUT2D eigenvalue weighted by Gasteiger charge is -2.35. The van der Waals surface area contributed by atoms with E-state index in [9.17, 15) is 9.59 Å². The summed E-state index contributed by atoms with van der Waals surface area (Å²) >= 11 is 1.35. The topological polar surface area (TPSA) is 59.5 Å². The molecule has 0 atom stereocenters. The van der Waals surface area contributed by atoms with Gasteiger partial charge < -0.3 is 9.64 Å². The molecular formula is C21H22N2O3S. The van der Waals surface area contributed by atoms with Crippen molar-refractivity contribution in [2.75, 3.05) is 7.11 Å². The van der Waals surface area contributed by atoms with Gasteiger partial charge in [0.15, 0.2) is 5.69 Å². The molecule has 140 valence electrons. The number of ether oxygens (including phenoxy) is 1. The number of rotatable bonds is 4. The van der Waals surface area contributed by atoms with Crippen LogP contribution in [0.15, 0.2) is 47.8 Å². The summed E-state index contributed by atoms with van der Waals surface area (Å²) in [5, 5.41) is 4.47. The summed E-state index contributed by atoms with van der Waals surface area (Å²) < 4.78 is 4.70. The Morgan fingerprint density at radius 3 is 2.48 bits per heavy atom. The van der Waals surface area contributed by atoms with Crippen molar-refractivity contribution in [2.45, 2.75) is 32.9 Å². The fourth-order valence-electron chi connectivity index (χ4n) is 2.81. The van der Waals surface area contributed by atoms with Crippen LogP contribution in [0.25, 0.3) is 10.8 Å². The molecule has 0 aliphatic heterocycles. The van der Waals surface area contributed by atoms with Crippen LogP contribution in [0.1, 0.15) is 46.6 Å². The second-order valence-corrected chi connectivity index (χ2v) is 8.18. The number of nitrogens with zero attached hydrogens (tertiary/aromatic N) is 2. The van der Waals surface area contributed by atoms with E-state index in [4.69, 9.17) is 4.74 Å². The molecule has 0 saturated heterocycles. The van der Waals surface area contributed by atoms with Gasteiger partial charge in [0.2, 0.25) is 0 Å². The normalized spacial score (nSPS) is 11.4. The van der Waals surface area contributed by atoms with Crippen LogP contribution in [-0.4, -0.2) is 34.4 Å². The van der Waals surface area contributed by atoms with Gasteiger partial charge in [-0.25, -0.2) is 9.78 Å². The van der Waals surface area contributed by atoms with E-state index in [1.165, 1.54) is 18.4 Å². The van der Waals surface area contributed by atoms with Crippen LogP contribution in [0, 0.1) is 0 Å². The number of esters is 1. The van der Waals surface area contributed by atoms with Gasteiger partial charge in [-0.05, 0) is 43.7 Å². The molecule has 0 N–H and O–H groups in total. The van der Waals surface area contributed by atoms with E-state index in [-0.39, 0.29) is 11.6 Å². The van der Waals surface area contributed by atoms with Crippen LogP contribution < -0.4 is 0 Å². The molecule has 0 saturated carbocycles. The highest BCUT2D eigenvalue weighted by Gasteiger charge is 2.29. The summed E-state index contributed by atoms with van der Waals surface area (Å²) in [7, 11) is 1.33. The second kappa shape index (κ2) is 7.48. The molecule has 3 aromatic rings. The van der Waals surface area contributed by atoms with Crippen LogP contribution in [0.3, 0.4) is 0 Å². The summed E-state index contributed by atoms with van der Waals surface area (Å²) in [5.41, 5.74) is 0.498. The molecule has 6 heteroatoms. The number of aromatic nitrogens is 1. The number of methoxy groups -OCH3 is 1. The molecule has 5 nitrogen and oxygen atoms in total. The maximum atomic E-state index is 13.2. The Morgan fingerprint density at radius 2 is 1.81 bits per heavy atom. The molecule has 2 aromatic carbocycles. The predicted octanol–water partition coefficient (Wildman–Crippen LogP) is 4.52. The number of hydrogen-bond acceptors (Lipinski definition) is 5. The van der Waals surface area contributed by atoms with Crippen LogP contribution in [0.4, 0.5) is 0 Å². The zero-order valence-corrected chi connectivity index (χ0v) is 16.7. The average Bonchev–Trinajstić information content (AvgIpc) is 3.12. The molecule has 1 heterocycles. The zero-order valence-electron chi connectivity index (χ0n) is 15.9. The van der Waals surface area contributed by atoms with E-state index in [2.05, 4.69) is 4.98 Å². The summed E-state index contributed by atoms with van der Waals surface area (Å²) in [5.74, 6) is -0.538. The van der Waals surface area contributed by atoms with Gasteiger partial charge in [-0.3, -0.25) is 4.79 Å². The van der Waals surface area contributed by atoms with Gasteiger partial charge in [0, 0.05) is 16.5 Å². The van der Waals surface area contributed by atoms with E-state index in [0.29, 0.717) is 17.1 Å². The number of carbonyl (C=O) groups excluding carboxylic acids is 2. The Hall–Kier alpha value is -2.73. The third-order valence-corrected chi connectivity index (χ3v) is 5.12. The number of hydrogen-bond donors (Lipinski definition) is 0. The molecule has 0 aliphatic carbocycles. The van der Waals surface area contributed by atoms with E-state index in [1.807, 2.05) is 63.2 Å². The van der Waals surface area contributed by atoms with E-state index in [1.54, 1.807) is 10.3 Å². The van der Waals surface area contributed by atoms with Crippen LogP contribution in [0.5, 0.6) is 0 Å². The SMILES string of the molecule is COC(=O)c1csc(CN(C(=O)c2ccc3ccccc3c2)C(C)(C)C)n1. The summed E-state index contributed by atoms with van der Waals surface area (Å²) in [4.78, 5) is 31.0. The van der Waals surface area contributed by atoms with Crippen LogP contribution in [-0.2, 0) is 11.3 Å². The number of fused-ring (bicyclic) bond motifs is 1. The van der Waals surface area contributed by atoms with Crippen LogP contribution in [0.2, 0.25) is 0 Å². The summed E-state index contributed by atoms with van der Waals surface area (Å²) in [6.45, 7) is 6.29. The minimum absolute atomic E-state index is 0.0666.